The number of rotatable bonds is 4. The SMILES string of the molecule is COc1ccc(F)cc1/C(O)=C1\C(=O)C(=O)N(c2ccc(C)c(C)c2)C1c1cn(C)c2ccccc12. The zero-order valence-corrected chi connectivity index (χ0v) is 20.4. The molecule has 1 saturated heterocycles. The molecule has 1 atom stereocenters. The van der Waals surface area contributed by atoms with Crippen LogP contribution in [0.5, 0.6) is 5.75 Å². The van der Waals surface area contributed by atoms with Gasteiger partial charge in [0.1, 0.15) is 17.3 Å². The molecule has 4 aromatic rings. The molecule has 1 aliphatic rings. The van der Waals surface area contributed by atoms with Gasteiger partial charge in [0.25, 0.3) is 11.7 Å². The Balaban J connectivity index is 1.84. The fourth-order valence-electron chi connectivity index (χ4n) is 4.87. The average molecular weight is 485 g/mol. The van der Waals surface area contributed by atoms with Gasteiger partial charge in [0.2, 0.25) is 0 Å². The number of para-hydroxylation sites is 1. The van der Waals surface area contributed by atoms with Crippen LogP contribution in [-0.4, -0.2) is 28.5 Å². The van der Waals surface area contributed by atoms with Crippen molar-refractivity contribution in [2.75, 3.05) is 12.0 Å². The second kappa shape index (κ2) is 8.68. The molecule has 0 bridgehead atoms. The predicted molar refractivity (Wildman–Crippen MR) is 137 cm³/mol. The molecule has 36 heavy (non-hydrogen) atoms. The lowest BCUT2D eigenvalue weighted by Gasteiger charge is -2.25. The van der Waals surface area contributed by atoms with Gasteiger partial charge in [-0.25, -0.2) is 4.39 Å². The molecule has 1 unspecified atom stereocenters. The van der Waals surface area contributed by atoms with Crippen LogP contribution in [0.25, 0.3) is 16.7 Å². The lowest BCUT2D eigenvalue weighted by Crippen LogP contribution is -2.29. The van der Waals surface area contributed by atoms with E-state index in [1.807, 2.05) is 68.1 Å². The minimum absolute atomic E-state index is 0.000762. The average Bonchev–Trinajstić information content (AvgIpc) is 3.34. The van der Waals surface area contributed by atoms with E-state index >= 15 is 0 Å². The van der Waals surface area contributed by atoms with Crippen molar-refractivity contribution in [3.05, 3.63) is 101 Å². The number of nitrogens with zero attached hydrogens (tertiary/aromatic N) is 2. The normalized spacial score (nSPS) is 17.2. The highest BCUT2D eigenvalue weighted by Gasteiger charge is 2.48. The van der Waals surface area contributed by atoms with E-state index in [2.05, 4.69) is 0 Å². The molecule has 1 fully saturated rings. The highest BCUT2D eigenvalue weighted by Crippen LogP contribution is 2.45. The molecule has 1 N–H and O–H groups in total. The highest BCUT2D eigenvalue weighted by molar-refractivity contribution is 6.52. The Morgan fingerprint density at radius 2 is 1.75 bits per heavy atom. The molecule has 0 saturated carbocycles. The van der Waals surface area contributed by atoms with Crippen molar-refractivity contribution < 1.29 is 23.8 Å². The van der Waals surface area contributed by atoms with Crippen molar-refractivity contribution >= 4 is 34.0 Å². The monoisotopic (exact) mass is 484 g/mol. The number of benzene rings is 3. The zero-order chi connectivity index (χ0) is 25.7. The van der Waals surface area contributed by atoms with E-state index < -0.39 is 29.3 Å². The first-order valence-electron chi connectivity index (χ1n) is 11.5. The van der Waals surface area contributed by atoms with Gasteiger partial charge in [-0.05, 0) is 61.4 Å². The van der Waals surface area contributed by atoms with Crippen molar-refractivity contribution in [1.29, 1.82) is 0 Å². The number of amides is 1. The minimum atomic E-state index is -0.939. The quantitative estimate of drug-likeness (QED) is 0.234. The van der Waals surface area contributed by atoms with Crippen molar-refractivity contribution in [3.63, 3.8) is 0 Å². The molecule has 3 aromatic carbocycles. The number of Topliss-reactive ketones (excluding diaryl/α,β-unsaturated/α-hetero) is 1. The molecule has 5 rings (SSSR count). The molecule has 7 heteroatoms. The van der Waals surface area contributed by atoms with Crippen LogP contribution in [0.4, 0.5) is 10.1 Å². The molecule has 2 heterocycles. The van der Waals surface area contributed by atoms with Crippen LogP contribution < -0.4 is 9.64 Å². The number of hydrogen-bond donors (Lipinski definition) is 1. The first kappa shape index (κ1) is 23.4. The number of aliphatic hydroxyl groups excluding tert-OH is 1. The van der Waals surface area contributed by atoms with E-state index in [1.54, 1.807) is 6.07 Å². The Bertz CT molecular complexity index is 1580. The van der Waals surface area contributed by atoms with Crippen LogP contribution in [-0.2, 0) is 16.6 Å². The predicted octanol–water partition coefficient (Wildman–Crippen LogP) is 5.57. The van der Waals surface area contributed by atoms with E-state index in [0.717, 1.165) is 28.1 Å². The fraction of sp³-hybridized carbons (Fsp3) is 0.172. The number of anilines is 1. The molecule has 1 aromatic heterocycles. The number of halogens is 1. The van der Waals surface area contributed by atoms with Crippen LogP contribution in [0.1, 0.15) is 28.3 Å². The molecular formula is C29H25FN2O4. The number of methoxy groups -OCH3 is 1. The maximum Gasteiger partial charge on any atom is 0.300 e. The molecular weight excluding hydrogens is 459 g/mol. The number of aryl methyl sites for hydroxylation is 3. The van der Waals surface area contributed by atoms with Gasteiger partial charge in [0.15, 0.2) is 0 Å². The van der Waals surface area contributed by atoms with Crippen molar-refractivity contribution in [2.45, 2.75) is 19.9 Å². The van der Waals surface area contributed by atoms with Crippen LogP contribution >= 0.6 is 0 Å². The molecule has 0 spiro atoms. The molecule has 1 aliphatic heterocycles. The number of hydrogen-bond acceptors (Lipinski definition) is 4. The van der Waals surface area contributed by atoms with Gasteiger partial charge in [-0.15, -0.1) is 0 Å². The van der Waals surface area contributed by atoms with Crippen molar-refractivity contribution in [3.8, 4) is 5.75 Å². The fourth-order valence-corrected chi connectivity index (χ4v) is 4.87. The summed E-state index contributed by atoms with van der Waals surface area (Å²) in [5, 5.41) is 12.3. The molecule has 1 amide bonds. The first-order valence-corrected chi connectivity index (χ1v) is 11.5. The number of ether oxygens (including phenoxy) is 1. The standard InChI is InChI=1S/C29H25FN2O4/c1-16-9-11-19(13-17(16)2)32-26(22-15-31(3)23-8-6-5-7-20(22)23)25(28(34)29(32)35)27(33)21-14-18(30)10-12-24(21)36-4/h5-15,26,33H,1-4H3/b27-25+. The van der Waals surface area contributed by atoms with E-state index in [0.29, 0.717) is 11.3 Å². The minimum Gasteiger partial charge on any atom is -0.507 e. The summed E-state index contributed by atoms with van der Waals surface area (Å²) in [4.78, 5) is 28.4. The Labute approximate surface area is 207 Å². The number of carbonyl (C=O) groups is 2. The van der Waals surface area contributed by atoms with Gasteiger partial charge < -0.3 is 14.4 Å². The zero-order valence-electron chi connectivity index (χ0n) is 20.4. The van der Waals surface area contributed by atoms with Crippen LogP contribution in [0.15, 0.2) is 72.4 Å². The number of ketones is 1. The molecule has 182 valence electrons. The smallest absolute Gasteiger partial charge is 0.300 e. The van der Waals surface area contributed by atoms with Crippen LogP contribution in [0.3, 0.4) is 0 Å². The second-order valence-corrected chi connectivity index (χ2v) is 8.99. The van der Waals surface area contributed by atoms with Crippen LogP contribution in [0.2, 0.25) is 0 Å². The van der Waals surface area contributed by atoms with Gasteiger partial charge in [-0.1, -0.05) is 24.3 Å². The molecule has 0 radical (unpaired) electrons. The van der Waals surface area contributed by atoms with Crippen molar-refractivity contribution in [2.24, 2.45) is 7.05 Å². The largest absolute Gasteiger partial charge is 0.507 e. The van der Waals surface area contributed by atoms with Crippen molar-refractivity contribution in [1.82, 2.24) is 4.57 Å². The van der Waals surface area contributed by atoms with Gasteiger partial charge in [-0.2, -0.15) is 0 Å². The first-order chi connectivity index (χ1) is 17.2. The van der Waals surface area contributed by atoms with Gasteiger partial charge in [0, 0.05) is 35.4 Å². The maximum absolute atomic E-state index is 14.2. The summed E-state index contributed by atoms with van der Waals surface area (Å²) in [5.74, 6) is -2.54. The molecule has 0 aliphatic carbocycles. The van der Waals surface area contributed by atoms with E-state index in [-0.39, 0.29) is 16.9 Å². The van der Waals surface area contributed by atoms with Gasteiger partial charge in [-0.3, -0.25) is 14.5 Å². The number of fused-ring (bicyclic) bond motifs is 1. The maximum atomic E-state index is 14.2. The van der Waals surface area contributed by atoms with Gasteiger partial charge in [0.05, 0.1) is 24.3 Å². The lowest BCUT2D eigenvalue weighted by molar-refractivity contribution is -0.132. The topological polar surface area (TPSA) is 71.8 Å². The number of aromatic nitrogens is 1. The van der Waals surface area contributed by atoms with E-state index in [1.165, 1.54) is 24.1 Å². The Morgan fingerprint density at radius 1 is 1.00 bits per heavy atom. The van der Waals surface area contributed by atoms with Crippen LogP contribution in [0, 0.1) is 19.7 Å². The summed E-state index contributed by atoms with van der Waals surface area (Å²) in [5.41, 5.74) is 3.98. The van der Waals surface area contributed by atoms with E-state index in [9.17, 15) is 19.1 Å². The summed E-state index contributed by atoms with van der Waals surface area (Å²) >= 11 is 0. The summed E-state index contributed by atoms with van der Waals surface area (Å²) in [6, 6.07) is 15.9. The lowest BCUT2D eigenvalue weighted by atomic mass is 9.94. The number of carbonyl (C=O) groups excluding carboxylic acids is 2. The summed E-state index contributed by atoms with van der Waals surface area (Å²) in [7, 11) is 3.27. The molecule has 6 nitrogen and oxygen atoms in total. The summed E-state index contributed by atoms with van der Waals surface area (Å²) in [6.45, 7) is 3.89. The number of aliphatic hydroxyl groups is 1. The highest BCUT2D eigenvalue weighted by atomic mass is 19.1. The second-order valence-electron chi connectivity index (χ2n) is 8.99. The van der Waals surface area contributed by atoms with E-state index in [4.69, 9.17) is 4.74 Å². The third-order valence-electron chi connectivity index (χ3n) is 6.85. The Morgan fingerprint density at radius 3 is 2.47 bits per heavy atom. The third kappa shape index (κ3) is 3.55. The summed E-state index contributed by atoms with van der Waals surface area (Å²) < 4.78 is 21.4. The van der Waals surface area contributed by atoms with Gasteiger partial charge >= 0.3 is 0 Å². The summed E-state index contributed by atoms with van der Waals surface area (Å²) in [6.07, 6.45) is 1.85. The Kier molecular flexibility index (Phi) is 5.63. The third-order valence-corrected chi connectivity index (χ3v) is 6.85. The Hall–Kier alpha value is -4.39.